The minimum Gasteiger partial charge on any atom is -0.336 e. The van der Waals surface area contributed by atoms with Gasteiger partial charge < -0.3 is 10.3 Å². The summed E-state index contributed by atoms with van der Waals surface area (Å²) in [5.41, 5.74) is -0.617. The number of H-pyrrole nitrogens is 2. The minimum atomic E-state index is -0.581. The molecule has 0 aliphatic rings. The van der Waals surface area contributed by atoms with Crippen LogP contribution in [0.4, 0.5) is 11.4 Å². The van der Waals surface area contributed by atoms with E-state index in [4.69, 9.17) is 0 Å². The molecule has 0 aliphatic carbocycles. The molecule has 11 nitrogen and oxygen atoms in total. The number of benzene rings is 1. The lowest BCUT2D eigenvalue weighted by molar-refractivity contribution is -0.384. The summed E-state index contributed by atoms with van der Waals surface area (Å²) in [6, 6.07) is 5.60. The summed E-state index contributed by atoms with van der Waals surface area (Å²) in [4.78, 5) is 54.6. The second-order valence-corrected chi connectivity index (χ2v) is 5.56. The minimum absolute atomic E-state index is 0.0361. The Balaban J connectivity index is 1.71. The number of hydrogen-bond donors (Lipinski definition) is 3. The van der Waals surface area contributed by atoms with E-state index in [1.807, 2.05) is 0 Å². The first-order valence-corrected chi connectivity index (χ1v) is 7.57. The molecular weight excluding hydrogens is 344 g/mol. The van der Waals surface area contributed by atoms with E-state index in [2.05, 4.69) is 20.3 Å². The van der Waals surface area contributed by atoms with Gasteiger partial charge in [-0.3, -0.25) is 29.3 Å². The van der Waals surface area contributed by atoms with Crippen molar-refractivity contribution in [2.75, 3.05) is 5.32 Å². The smallest absolute Gasteiger partial charge is 0.329 e. The third kappa shape index (κ3) is 3.36. The van der Waals surface area contributed by atoms with Crippen LogP contribution in [-0.4, -0.2) is 30.3 Å². The number of aromatic amines is 2. The number of nitrogens with zero attached hydrogens (tertiary/aromatic N) is 3. The molecule has 0 unspecified atom stereocenters. The topological polar surface area (TPSA) is 156 Å². The molecule has 3 N–H and O–H groups in total. The predicted octanol–water partition coefficient (Wildman–Crippen LogP) is 0.429. The molecule has 0 atom stereocenters. The highest BCUT2D eigenvalue weighted by atomic mass is 16.6. The number of anilines is 1. The SMILES string of the molecule is Cn1c(=O)[nH]c(=O)c2[nH]c(CCC(=O)Nc3cccc([N+](=O)[O-])c3)nc21. The van der Waals surface area contributed by atoms with Gasteiger partial charge in [0, 0.05) is 37.7 Å². The van der Waals surface area contributed by atoms with Crippen LogP contribution in [0.3, 0.4) is 0 Å². The van der Waals surface area contributed by atoms with Crippen LogP contribution in [0.5, 0.6) is 0 Å². The predicted molar refractivity (Wildman–Crippen MR) is 92.0 cm³/mol. The normalized spacial score (nSPS) is 10.8. The van der Waals surface area contributed by atoms with Crippen LogP contribution < -0.4 is 16.6 Å². The van der Waals surface area contributed by atoms with Crippen molar-refractivity contribution in [1.82, 2.24) is 19.5 Å². The number of aromatic nitrogens is 4. The van der Waals surface area contributed by atoms with Crippen LogP contribution in [0.1, 0.15) is 12.2 Å². The van der Waals surface area contributed by atoms with Gasteiger partial charge >= 0.3 is 5.69 Å². The molecule has 0 fully saturated rings. The van der Waals surface area contributed by atoms with E-state index in [9.17, 15) is 24.5 Å². The molecule has 134 valence electrons. The molecule has 0 bridgehead atoms. The molecule has 1 aromatic carbocycles. The van der Waals surface area contributed by atoms with Crippen molar-refractivity contribution in [2.45, 2.75) is 12.8 Å². The van der Waals surface area contributed by atoms with Crippen LogP contribution >= 0.6 is 0 Å². The van der Waals surface area contributed by atoms with Gasteiger partial charge in [0.25, 0.3) is 11.2 Å². The standard InChI is InChI=1S/C15H14N6O5/c1-20-13-12(14(23)19-15(20)24)17-10(18-13)5-6-11(22)16-8-3-2-4-9(7-8)21(25)26/h2-4,7H,5-6H2,1H3,(H,16,22)(H,17,18)(H,19,23,24). The first-order chi connectivity index (χ1) is 12.3. The largest absolute Gasteiger partial charge is 0.336 e. The van der Waals surface area contributed by atoms with Crippen molar-refractivity contribution in [1.29, 1.82) is 0 Å². The van der Waals surface area contributed by atoms with Crippen molar-refractivity contribution in [3.8, 4) is 0 Å². The van der Waals surface area contributed by atoms with E-state index in [0.717, 1.165) is 0 Å². The summed E-state index contributed by atoms with van der Waals surface area (Å²) in [6.45, 7) is 0. The second-order valence-electron chi connectivity index (χ2n) is 5.56. The Hall–Kier alpha value is -3.76. The van der Waals surface area contributed by atoms with Gasteiger partial charge in [-0.25, -0.2) is 9.78 Å². The fraction of sp³-hybridized carbons (Fsp3) is 0.200. The summed E-state index contributed by atoms with van der Waals surface area (Å²) < 4.78 is 1.19. The highest BCUT2D eigenvalue weighted by Crippen LogP contribution is 2.17. The van der Waals surface area contributed by atoms with Crippen LogP contribution in [0.2, 0.25) is 0 Å². The molecular formula is C15H14N6O5. The molecule has 2 aromatic heterocycles. The first kappa shape index (κ1) is 17.1. The zero-order valence-corrected chi connectivity index (χ0v) is 13.6. The highest BCUT2D eigenvalue weighted by Gasteiger charge is 2.13. The number of nitro benzene ring substituents is 1. The van der Waals surface area contributed by atoms with Gasteiger partial charge in [-0.1, -0.05) is 6.07 Å². The number of carbonyl (C=O) groups is 1. The van der Waals surface area contributed by atoms with E-state index in [1.54, 1.807) is 6.07 Å². The molecule has 2 heterocycles. The van der Waals surface area contributed by atoms with Crippen LogP contribution in [0.25, 0.3) is 11.2 Å². The molecule has 3 aromatic rings. The number of rotatable bonds is 5. The third-order valence-electron chi connectivity index (χ3n) is 3.73. The van der Waals surface area contributed by atoms with E-state index in [-0.39, 0.29) is 35.6 Å². The maximum Gasteiger partial charge on any atom is 0.329 e. The van der Waals surface area contributed by atoms with Crippen molar-refractivity contribution in [3.05, 3.63) is 61.0 Å². The number of carbonyl (C=O) groups excluding carboxylic acids is 1. The van der Waals surface area contributed by atoms with Gasteiger partial charge in [0.15, 0.2) is 5.65 Å². The Morgan fingerprint density at radius 2 is 2.12 bits per heavy atom. The number of hydrogen-bond acceptors (Lipinski definition) is 6. The Morgan fingerprint density at radius 1 is 1.35 bits per heavy atom. The summed E-state index contributed by atoms with van der Waals surface area (Å²) in [5, 5.41) is 13.3. The number of nitro groups is 1. The lowest BCUT2D eigenvalue weighted by Crippen LogP contribution is -2.28. The summed E-state index contributed by atoms with van der Waals surface area (Å²) >= 11 is 0. The van der Waals surface area contributed by atoms with Crippen molar-refractivity contribution >= 4 is 28.4 Å². The molecule has 3 rings (SSSR count). The Morgan fingerprint density at radius 3 is 2.85 bits per heavy atom. The van der Waals surface area contributed by atoms with Crippen LogP contribution in [0.15, 0.2) is 33.9 Å². The van der Waals surface area contributed by atoms with E-state index < -0.39 is 16.2 Å². The number of imidazole rings is 1. The highest BCUT2D eigenvalue weighted by molar-refractivity contribution is 5.91. The average molecular weight is 358 g/mol. The molecule has 0 spiro atoms. The average Bonchev–Trinajstić information content (AvgIpc) is 3.03. The van der Waals surface area contributed by atoms with E-state index >= 15 is 0 Å². The second kappa shape index (κ2) is 6.63. The number of aryl methyl sites for hydroxylation is 2. The van der Waals surface area contributed by atoms with E-state index in [0.29, 0.717) is 11.5 Å². The molecule has 26 heavy (non-hydrogen) atoms. The zero-order valence-electron chi connectivity index (χ0n) is 13.6. The van der Waals surface area contributed by atoms with Crippen molar-refractivity contribution < 1.29 is 9.72 Å². The van der Waals surface area contributed by atoms with Crippen molar-refractivity contribution in [3.63, 3.8) is 0 Å². The Bertz CT molecular complexity index is 1130. The number of nitrogens with one attached hydrogen (secondary N) is 3. The van der Waals surface area contributed by atoms with Gasteiger partial charge in [-0.15, -0.1) is 0 Å². The maximum atomic E-state index is 12.0. The van der Waals surface area contributed by atoms with Gasteiger partial charge in [0.1, 0.15) is 11.3 Å². The number of non-ortho nitro benzene ring substituents is 1. The molecule has 11 heteroatoms. The van der Waals surface area contributed by atoms with E-state index in [1.165, 1.54) is 29.8 Å². The van der Waals surface area contributed by atoms with Gasteiger partial charge in [-0.05, 0) is 6.07 Å². The monoisotopic (exact) mass is 358 g/mol. The Labute approximate surface area is 144 Å². The van der Waals surface area contributed by atoms with Gasteiger partial charge in [0.2, 0.25) is 5.91 Å². The number of amides is 1. The first-order valence-electron chi connectivity index (χ1n) is 7.57. The molecule has 0 saturated carbocycles. The fourth-order valence-corrected chi connectivity index (χ4v) is 2.42. The summed E-state index contributed by atoms with van der Waals surface area (Å²) in [6.07, 6.45) is 0.234. The lowest BCUT2D eigenvalue weighted by atomic mass is 10.2. The molecule has 0 saturated heterocycles. The molecule has 0 radical (unpaired) electrons. The summed E-state index contributed by atoms with van der Waals surface area (Å²) in [5.74, 6) is 0.00893. The number of fused-ring (bicyclic) bond motifs is 1. The summed E-state index contributed by atoms with van der Waals surface area (Å²) in [7, 11) is 1.47. The lowest BCUT2D eigenvalue weighted by Gasteiger charge is -2.04. The van der Waals surface area contributed by atoms with Gasteiger partial charge in [-0.2, -0.15) is 0 Å². The van der Waals surface area contributed by atoms with Crippen LogP contribution in [0, 0.1) is 10.1 Å². The molecule has 0 aliphatic heterocycles. The quantitative estimate of drug-likeness (QED) is 0.443. The molecule has 1 amide bonds. The third-order valence-corrected chi connectivity index (χ3v) is 3.73. The maximum absolute atomic E-state index is 12.0. The Kier molecular flexibility index (Phi) is 4.35. The zero-order chi connectivity index (χ0) is 18.8. The van der Waals surface area contributed by atoms with Gasteiger partial charge in [0.05, 0.1) is 4.92 Å². The van der Waals surface area contributed by atoms with Crippen LogP contribution in [-0.2, 0) is 18.3 Å². The fourth-order valence-electron chi connectivity index (χ4n) is 2.42. The van der Waals surface area contributed by atoms with Crippen molar-refractivity contribution in [2.24, 2.45) is 7.05 Å².